The van der Waals surface area contributed by atoms with Gasteiger partial charge in [0.1, 0.15) is 0 Å². The summed E-state index contributed by atoms with van der Waals surface area (Å²) in [6.07, 6.45) is 9.31. The SMILES string of the molecule is CC.CC1CCC(N(C)Cc2cccnc2)CC1. The molecule has 0 saturated heterocycles. The highest BCUT2D eigenvalue weighted by atomic mass is 15.1. The minimum absolute atomic E-state index is 0.774. The summed E-state index contributed by atoms with van der Waals surface area (Å²) in [5, 5.41) is 0. The summed E-state index contributed by atoms with van der Waals surface area (Å²) in [5.74, 6) is 0.933. The van der Waals surface area contributed by atoms with Gasteiger partial charge in [0.05, 0.1) is 0 Å². The maximum absolute atomic E-state index is 4.17. The fourth-order valence-corrected chi connectivity index (χ4v) is 2.59. The minimum Gasteiger partial charge on any atom is -0.299 e. The molecular weight excluding hydrogens is 220 g/mol. The van der Waals surface area contributed by atoms with Crippen LogP contribution in [0.3, 0.4) is 0 Å². The third-order valence-corrected chi connectivity index (χ3v) is 3.76. The first-order valence-electron chi connectivity index (χ1n) is 7.35. The zero-order valence-corrected chi connectivity index (χ0v) is 12.4. The van der Waals surface area contributed by atoms with Crippen molar-refractivity contribution in [1.82, 2.24) is 9.88 Å². The van der Waals surface area contributed by atoms with E-state index in [0.717, 1.165) is 18.5 Å². The molecule has 0 amide bonds. The molecule has 0 aliphatic heterocycles. The Bertz CT molecular complexity index is 302. The van der Waals surface area contributed by atoms with Gasteiger partial charge in [-0.3, -0.25) is 9.88 Å². The Morgan fingerprint density at radius 3 is 2.44 bits per heavy atom. The van der Waals surface area contributed by atoms with Crippen molar-refractivity contribution in [2.75, 3.05) is 7.05 Å². The molecule has 2 heteroatoms. The fourth-order valence-electron chi connectivity index (χ4n) is 2.59. The van der Waals surface area contributed by atoms with Crippen molar-refractivity contribution < 1.29 is 0 Å². The summed E-state index contributed by atoms with van der Waals surface area (Å²) < 4.78 is 0. The lowest BCUT2D eigenvalue weighted by Crippen LogP contribution is -2.34. The minimum atomic E-state index is 0.774. The molecular formula is C16H28N2. The van der Waals surface area contributed by atoms with Crippen LogP contribution >= 0.6 is 0 Å². The van der Waals surface area contributed by atoms with Crippen LogP contribution in [-0.2, 0) is 6.54 Å². The summed E-state index contributed by atoms with van der Waals surface area (Å²) in [5.41, 5.74) is 1.32. The highest BCUT2D eigenvalue weighted by Gasteiger charge is 2.21. The number of hydrogen-bond acceptors (Lipinski definition) is 2. The second kappa shape index (κ2) is 8.25. The molecule has 1 heterocycles. The van der Waals surface area contributed by atoms with Crippen molar-refractivity contribution >= 4 is 0 Å². The van der Waals surface area contributed by atoms with Crippen LogP contribution in [0, 0.1) is 5.92 Å². The Labute approximate surface area is 112 Å². The smallest absolute Gasteiger partial charge is 0.0312 e. The van der Waals surface area contributed by atoms with Gasteiger partial charge in [-0.15, -0.1) is 0 Å². The van der Waals surface area contributed by atoms with Gasteiger partial charge in [-0.05, 0) is 50.3 Å². The zero-order valence-electron chi connectivity index (χ0n) is 12.4. The summed E-state index contributed by atoms with van der Waals surface area (Å²) in [6, 6.07) is 4.96. The molecule has 0 atom stereocenters. The van der Waals surface area contributed by atoms with Crippen molar-refractivity contribution in [3.05, 3.63) is 30.1 Å². The number of nitrogens with zero attached hydrogens (tertiary/aromatic N) is 2. The molecule has 2 nitrogen and oxygen atoms in total. The van der Waals surface area contributed by atoms with E-state index in [1.54, 1.807) is 0 Å². The van der Waals surface area contributed by atoms with Gasteiger partial charge in [0, 0.05) is 25.0 Å². The summed E-state index contributed by atoms with van der Waals surface area (Å²) >= 11 is 0. The van der Waals surface area contributed by atoms with Gasteiger partial charge in [0.25, 0.3) is 0 Å². The van der Waals surface area contributed by atoms with Crippen LogP contribution in [0.25, 0.3) is 0 Å². The molecule has 0 bridgehead atoms. The predicted octanol–water partition coefficient (Wildman–Crippen LogP) is 4.12. The first-order valence-corrected chi connectivity index (χ1v) is 7.35. The van der Waals surface area contributed by atoms with Gasteiger partial charge in [0.2, 0.25) is 0 Å². The lowest BCUT2D eigenvalue weighted by atomic mass is 9.86. The second-order valence-electron chi connectivity index (χ2n) is 5.19. The third-order valence-electron chi connectivity index (χ3n) is 3.76. The van der Waals surface area contributed by atoms with E-state index in [1.165, 1.54) is 31.2 Å². The van der Waals surface area contributed by atoms with Gasteiger partial charge in [-0.1, -0.05) is 26.8 Å². The summed E-state index contributed by atoms with van der Waals surface area (Å²) in [4.78, 5) is 6.66. The van der Waals surface area contributed by atoms with Crippen LogP contribution in [-0.4, -0.2) is 23.0 Å². The van der Waals surface area contributed by atoms with Crippen molar-refractivity contribution in [2.24, 2.45) is 5.92 Å². The van der Waals surface area contributed by atoms with Crippen LogP contribution in [0.4, 0.5) is 0 Å². The predicted molar refractivity (Wildman–Crippen MR) is 78.5 cm³/mol. The number of aromatic nitrogens is 1. The van der Waals surface area contributed by atoms with E-state index in [9.17, 15) is 0 Å². The van der Waals surface area contributed by atoms with E-state index in [2.05, 4.69) is 29.9 Å². The van der Waals surface area contributed by atoms with Gasteiger partial charge in [-0.25, -0.2) is 0 Å². The Morgan fingerprint density at radius 2 is 1.89 bits per heavy atom. The molecule has 102 valence electrons. The fraction of sp³-hybridized carbons (Fsp3) is 0.688. The standard InChI is InChI=1S/C14H22N2.C2H6/c1-12-5-7-14(8-6-12)16(2)11-13-4-3-9-15-10-13;1-2/h3-4,9-10,12,14H,5-8,11H2,1-2H3;1-2H3. The van der Waals surface area contributed by atoms with Crippen molar-refractivity contribution in [3.63, 3.8) is 0 Å². The maximum atomic E-state index is 4.17. The molecule has 1 aromatic heterocycles. The Kier molecular flexibility index (Phi) is 6.96. The van der Waals surface area contributed by atoms with Gasteiger partial charge in [-0.2, -0.15) is 0 Å². The monoisotopic (exact) mass is 248 g/mol. The molecule has 1 aliphatic rings. The van der Waals surface area contributed by atoms with E-state index < -0.39 is 0 Å². The molecule has 0 aromatic carbocycles. The lowest BCUT2D eigenvalue weighted by molar-refractivity contribution is 0.164. The lowest BCUT2D eigenvalue weighted by Gasteiger charge is -2.33. The molecule has 0 spiro atoms. The van der Waals surface area contributed by atoms with E-state index >= 15 is 0 Å². The van der Waals surface area contributed by atoms with Crippen molar-refractivity contribution in [3.8, 4) is 0 Å². The number of pyridine rings is 1. The summed E-state index contributed by atoms with van der Waals surface area (Å²) in [7, 11) is 2.24. The third kappa shape index (κ3) is 4.77. The molecule has 18 heavy (non-hydrogen) atoms. The van der Waals surface area contributed by atoms with Gasteiger partial charge >= 0.3 is 0 Å². The molecule has 1 fully saturated rings. The van der Waals surface area contributed by atoms with Gasteiger partial charge < -0.3 is 0 Å². The highest BCUT2D eigenvalue weighted by Crippen LogP contribution is 2.27. The first kappa shape index (κ1) is 15.2. The van der Waals surface area contributed by atoms with E-state index in [-0.39, 0.29) is 0 Å². The Morgan fingerprint density at radius 1 is 1.22 bits per heavy atom. The van der Waals surface area contributed by atoms with Crippen LogP contribution < -0.4 is 0 Å². The number of hydrogen-bond donors (Lipinski definition) is 0. The van der Waals surface area contributed by atoms with Crippen molar-refractivity contribution in [1.29, 1.82) is 0 Å². The van der Waals surface area contributed by atoms with Gasteiger partial charge in [0.15, 0.2) is 0 Å². The van der Waals surface area contributed by atoms with E-state index in [0.29, 0.717) is 0 Å². The topological polar surface area (TPSA) is 16.1 Å². The first-order chi connectivity index (χ1) is 8.75. The molecule has 0 radical (unpaired) electrons. The van der Waals surface area contributed by atoms with E-state index in [4.69, 9.17) is 0 Å². The average Bonchev–Trinajstić information content (AvgIpc) is 2.43. The zero-order chi connectivity index (χ0) is 13.4. The second-order valence-corrected chi connectivity index (χ2v) is 5.19. The van der Waals surface area contributed by atoms with Crippen LogP contribution in [0.5, 0.6) is 0 Å². The van der Waals surface area contributed by atoms with Crippen LogP contribution in [0.15, 0.2) is 24.5 Å². The normalized spacial score (nSPS) is 23.4. The highest BCUT2D eigenvalue weighted by molar-refractivity contribution is 5.08. The summed E-state index contributed by atoms with van der Waals surface area (Å²) in [6.45, 7) is 7.41. The maximum Gasteiger partial charge on any atom is 0.0312 e. The molecule has 1 aliphatic carbocycles. The molecule has 1 aromatic rings. The Hall–Kier alpha value is -0.890. The van der Waals surface area contributed by atoms with Crippen LogP contribution in [0.1, 0.15) is 52.0 Å². The Balaban J connectivity index is 0.000000771. The largest absolute Gasteiger partial charge is 0.299 e. The molecule has 0 N–H and O–H groups in total. The molecule has 1 saturated carbocycles. The van der Waals surface area contributed by atoms with Crippen LogP contribution in [0.2, 0.25) is 0 Å². The molecule has 2 rings (SSSR count). The quantitative estimate of drug-likeness (QED) is 0.800. The van der Waals surface area contributed by atoms with Crippen molar-refractivity contribution in [2.45, 2.75) is 59.0 Å². The number of rotatable bonds is 3. The average molecular weight is 248 g/mol. The van der Waals surface area contributed by atoms with E-state index in [1.807, 2.05) is 32.3 Å². The molecule has 0 unspecified atom stereocenters.